The van der Waals surface area contributed by atoms with E-state index in [1.54, 1.807) is 127 Å². The molecule has 0 aliphatic carbocycles. The smallest absolute Gasteiger partial charge is 0.373 e. The molecule has 0 radical (unpaired) electrons. The van der Waals surface area contributed by atoms with Crippen molar-refractivity contribution in [2.75, 3.05) is 190 Å². The molecule has 734 valence electrons. The zero-order valence-electron chi connectivity index (χ0n) is 79.1. The third kappa shape index (κ3) is 87.6. The first-order valence-corrected chi connectivity index (χ1v) is 40.9. The molecule has 0 aliphatic heterocycles. The first-order chi connectivity index (χ1) is 61.2. The summed E-state index contributed by atoms with van der Waals surface area (Å²) in [4.78, 5) is 193. The van der Waals surface area contributed by atoms with E-state index >= 15 is 0 Å². The van der Waals surface area contributed by atoms with E-state index < -0.39 is 63.4 Å². The molecule has 3 rings (SSSR count). The summed E-state index contributed by atoms with van der Waals surface area (Å²) in [6, 6.07) is 25.8. The van der Waals surface area contributed by atoms with Gasteiger partial charge in [0.1, 0.15) is 65.4 Å². The second-order valence-electron chi connectivity index (χ2n) is 28.6. The van der Waals surface area contributed by atoms with Crippen LogP contribution in [0.1, 0.15) is 184 Å². The Morgan fingerprint density at radius 3 is 0.775 bits per heavy atom. The lowest BCUT2D eigenvalue weighted by Crippen LogP contribution is -2.39. The van der Waals surface area contributed by atoms with Crippen molar-refractivity contribution in [2.24, 2.45) is 21.7 Å². The van der Waals surface area contributed by atoms with E-state index in [4.69, 9.17) is 100 Å². The zero-order valence-corrected chi connectivity index (χ0v) is 79.1. The fraction of sp³-hybridized carbons (Fsp3) is 0.611. The molecular weight excluding hydrogens is 1690 g/mol. The van der Waals surface area contributed by atoms with Crippen LogP contribution in [0.4, 0.5) is 0 Å². The molecule has 39 nitrogen and oxygen atoms in total. The van der Waals surface area contributed by atoms with Crippen LogP contribution >= 0.6 is 0 Å². The van der Waals surface area contributed by atoms with E-state index in [9.17, 15) is 62.3 Å². The average Bonchev–Trinajstić information content (AvgIpc) is 0.867. The van der Waals surface area contributed by atoms with Crippen LogP contribution < -0.4 is 26.6 Å². The molecule has 0 unspecified atom stereocenters. The molecule has 129 heavy (non-hydrogen) atoms. The molecule has 0 bridgehead atoms. The van der Waals surface area contributed by atoms with Gasteiger partial charge in [-0.15, -0.1) is 6.61 Å². The minimum Gasteiger partial charge on any atom is -0.630 e. The number of aliphatic carboxylic acids is 1. The molecule has 0 saturated carbocycles. The number of ether oxygens (including phenoxy) is 14. The Labute approximate surface area is 759 Å². The Morgan fingerprint density at radius 1 is 0.318 bits per heavy atom. The summed E-state index contributed by atoms with van der Waals surface area (Å²) in [6.07, 6.45) is 12.7. The van der Waals surface area contributed by atoms with Crippen LogP contribution in [0.2, 0.25) is 0 Å². The van der Waals surface area contributed by atoms with Gasteiger partial charge in [-0.2, -0.15) is 28.8 Å². The number of carbonyl (C=O) groups is 13. The summed E-state index contributed by atoms with van der Waals surface area (Å²) in [5.74, 6) is -2.92. The second-order valence-corrected chi connectivity index (χ2v) is 28.6. The number of unbranched alkanes of at least 4 members (excludes halogenated alkanes) is 6. The zero-order chi connectivity index (χ0) is 100. The number of rotatable bonds is 54. The van der Waals surface area contributed by atoms with Crippen LogP contribution in [0, 0.1) is 28.3 Å². The lowest BCUT2D eigenvalue weighted by Gasteiger charge is -2.27. The Kier molecular flexibility index (Phi) is 96.6. The highest BCUT2D eigenvalue weighted by Gasteiger charge is 2.38. The van der Waals surface area contributed by atoms with E-state index in [0.717, 1.165) is 97.1 Å². The number of benzene rings is 3. The number of carboxylic acid groups (broad SMARTS) is 1. The number of hydrogen-bond acceptors (Lipinski definition) is 35. The van der Waals surface area contributed by atoms with E-state index in [0.29, 0.717) is 36.0 Å². The summed E-state index contributed by atoms with van der Waals surface area (Å²) in [7, 11) is 15.9. The molecule has 0 heterocycles. The number of carbonyl (C=O) groups excluding carboxylic acids is 18. The first-order valence-electron chi connectivity index (χ1n) is 40.9. The predicted octanol–water partition coefficient (Wildman–Crippen LogP) is 7.47. The molecule has 0 aromatic heterocycles. The van der Waals surface area contributed by atoms with Gasteiger partial charge in [0, 0.05) is 123 Å². The van der Waals surface area contributed by atoms with E-state index in [1.807, 2.05) is 26.2 Å². The molecule has 0 spiro atoms. The van der Waals surface area contributed by atoms with Crippen LogP contribution in [-0.2, 0) is 143 Å². The Balaban J connectivity index is -0.000000218. The van der Waals surface area contributed by atoms with Gasteiger partial charge in [0.15, 0.2) is 0 Å². The Morgan fingerprint density at radius 2 is 0.550 bits per heavy atom. The summed E-state index contributed by atoms with van der Waals surface area (Å²) >= 11 is 0. The van der Waals surface area contributed by atoms with Crippen molar-refractivity contribution in [3.63, 3.8) is 0 Å². The molecule has 3 amide bonds. The molecule has 6 N–H and O–H groups in total. The van der Waals surface area contributed by atoms with Crippen LogP contribution in [0.5, 0.6) is 0 Å². The largest absolute Gasteiger partial charge is 0.630 e. The standard InChI is InChI=1S/2C16H22O6.C16H21O6.3C9H17NO2.C7H14O4.C5H14N2.3CO2/c3*1-16(11-19-2,12-20-3)15(18)22-10-9-21-14(17)13-7-5-4-6-8-13;3*1-8(11)6-4-3-5-7-10-9(2)12;1-7(4-10-2,5-11-3)6(8)9;1-6-4-3-5-7-2;3*2-1-3/h2*4-8H,9-12H2,1-3H3;4-9H,10-12H2,1-3H3;3*3-7H2,1-2H3,(H,10,12);4-5H2,1-3H3,(H,8,9);6-7H,3-5H2,1-2H3;;;/q;;-1;;;;;;;;. The highest BCUT2D eigenvalue weighted by Crippen LogP contribution is 2.23. The van der Waals surface area contributed by atoms with Crippen molar-refractivity contribution in [3.05, 3.63) is 114 Å². The minimum atomic E-state index is -0.927. The normalized spacial score (nSPS) is 9.98. The number of nitrogens with one attached hydrogen (secondary N) is 5. The van der Waals surface area contributed by atoms with Gasteiger partial charge in [-0.05, 0) is 157 Å². The van der Waals surface area contributed by atoms with Crippen molar-refractivity contribution in [2.45, 2.75) is 153 Å². The van der Waals surface area contributed by atoms with Gasteiger partial charge >= 0.3 is 60.2 Å². The van der Waals surface area contributed by atoms with Gasteiger partial charge in [-0.1, -0.05) is 73.9 Å². The van der Waals surface area contributed by atoms with Crippen molar-refractivity contribution in [1.29, 1.82) is 0 Å². The molecular formula is C90H144N5O34-. The third-order valence-electron chi connectivity index (χ3n) is 15.9. The van der Waals surface area contributed by atoms with Gasteiger partial charge in [-0.3, -0.25) is 33.6 Å². The number of carboxylic acids is 1. The number of Topliss-reactive ketones (excluding diaryl/α,β-unsaturated/α-hetero) is 3. The van der Waals surface area contributed by atoms with Gasteiger partial charge in [0.2, 0.25) is 17.7 Å². The highest BCUT2D eigenvalue weighted by atomic mass is 16.6. The van der Waals surface area contributed by atoms with Crippen LogP contribution in [0.15, 0.2) is 91.0 Å². The molecule has 3 aromatic carbocycles. The third-order valence-corrected chi connectivity index (χ3v) is 15.9. The number of esters is 6. The fourth-order valence-corrected chi connectivity index (χ4v) is 9.69. The average molecular weight is 1840 g/mol. The quantitative estimate of drug-likeness (QED) is 0.0138. The second kappa shape index (κ2) is 93.3. The Hall–Kier alpha value is -10.9. The number of amides is 3. The maximum atomic E-state index is 12.0. The number of hydrogen-bond donors (Lipinski definition) is 6. The molecule has 3 aromatic rings. The predicted molar refractivity (Wildman–Crippen MR) is 469 cm³/mol. The minimum absolute atomic E-state index is 0.00445. The fourth-order valence-electron chi connectivity index (χ4n) is 9.69. The van der Waals surface area contributed by atoms with Gasteiger partial charge in [0.25, 0.3) is 0 Å². The molecule has 0 atom stereocenters. The lowest BCUT2D eigenvalue weighted by molar-refractivity contribution is -0.193. The Bertz CT molecular complexity index is 3110. The maximum absolute atomic E-state index is 12.0. The monoisotopic (exact) mass is 1840 g/mol. The van der Waals surface area contributed by atoms with Crippen LogP contribution in [-0.4, -0.2) is 290 Å². The van der Waals surface area contributed by atoms with Crippen LogP contribution in [0.3, 0.4) is 0 Å². The molecule has 0 saturated heterocycles. The number of methoxy groups -OCH3 is 8. The topological polar surface area (TPSA) is 534 Å². The van der Waals surface area contributed by atoms with Gasteiger partial charge in [-0.25, -0.2) is 14.4 Å². The van der Waals surface area contributed by atoms with Gasteiger partial charge in [0.05, 0.1) is 69.5 Å². The molecule has 0 fully saturated rings. The van der Waals surface area contributed by atoms with E-state index in [-0.39, 0.29) is 139 Å². The summed E-state index contributed by atoms with van der Waals surface area (Å²) < 4.78 is 69.9. The van der Waals surface area contributed by atoms with E-state index in [1.165, 1.54) is 84.1 Å². The van der Waals surface area contributed by atoms with Crippen molar-refractivity contribution >= 4 is 95.3 Å². The number of ketones is 3. The van der Waals surface area contributed by atoms with Crippen LogP contribution in [0.25, 0.3) is 0 Å². The van der Waals surface area contributed by atoms with E-state index in [2.05, 4.69) is 26.6 Å². The maximum Gasteiger partial charge on any atom is 0.373 e. The van der Waals surface area contributed by atoms with Crippen molar-refractivity contribution < 1.29 is 163 Å². The molecule has 0 aliphatic rings. The summed E-state index contributed by atoms with van der Waals surface area (Å²) in [5.41, 5.74) is -2.26. The first kappa shape index (κ1) is 134. The lowest BCUT2D eigenvalue weighted by atomic mass is 9.93. The summed E-state index contributed by atoms with van der Waals surface area (Å²) in [5, 5.41) is 23.0. The highest BCUT2D eigenvalue weighted by molar-refractivity contribution is 5.90. The van der Waals surface area contributed by atoms with Crippen molar-refractivity contribution in [3.8, 4) is 0 Å². The van der Waals surface area contributed by atoms with Gasteiger partial charge < -0.3 is 112 Å². The SMILES string of the molecule is CC(=O)CCCCCNC(C)=O.CC(=O)CCCCCNC(C)=O.CC(=O)CCCCCNC(C)=O.CNCCCNC.COCC(C)(COC)C(=O)O.COCC(C)(COC)C(=O)OCCOC(=O)c1ccccc1.COCC(C)(COC)C(=O)OCCOC(=O)c1ccccc1.COCC(C)(COC)C(=O)OC[CH-]OC(=O)c1ccccc1.O=C=O.O=C=O.O=C=O. The summed E-state index contributed by atoms with van der Waals surface area (Å²) in [6.45, 7) is 22.8. The molecule has 39 heteroatoms. The van der Waals surface area contributed by atoms with Crippen molar-refractivity contribution in [1.82, 2.24) is 26.6 Å².